The summed E-state index contributed by atoms with van der Waals surface area (Å²) in [5.74, 6) is -0.176. The highest BCUT2D eigenvalue weighted by atomic mass is 16.3. The molecule has 1 aliphatic rings. The predicted octanol–water partition coefficient (Wildman–Crippen LogP) is 0.490. The van der Waals surface area contributed by atoms with Crippen LogP contribution < -0.4 is 0 Å². The molecule has 0 aromatic rings. The molecule has 0 spiro atoms. The van der Waals surface area contributed by atoms with Crippen LogP contribution in [0.4, 0.5) is 0 Å². The van der Waals surface area contributed by atoms with Crippen LogP contribution in [0.5, 0.6) is 0 Å². The van der Waals surface area contributed by atoms with Crippen LogP contribution in [0.15, 0.2) is 23.1 Å². The van der Waals surface area contributed by atoms with Gasteiger partial charge in [0.05, 0.1) is 0 Å². The first-order valence-electron chi connectivity index (χ1n) is 3.51. The lowest BCUT2D eigenvalue weighted by molar-refractivity contribution is 0.0462. The largest absolute Gasteiger partial charge is 0.494 e. The summed E-state index contributed by atoms with van der Waals surface area (Å²) >= 11 is 0. The molecular formula is C8H10N2O2. The fourth-order valence-corrected chi connectivity index (χ4v) is 1.03. The van der Waals surface area contributed by atoms with E-state index in [9.17, 15) is 10.2 Å². The van der Waals surface area contributed by atoms with Gasteiger partial charge in [0.25, 0.3) is 0 Å². The molecule has 12 heavy (non-hydrogen) atoms. The molecule has 1 atom stereocenters. The zero-order chi connectivity index (χ0) is 9.30. The highest BCUT2D eigenvalue weighted by Gasteiger charge is 2.22. The molecule has 0 aromatic heterocycles. The SMILES string of the molecule is CC1=CC(O)N(C)C(O)=C1C#N. The summed E-state index contributed by atoms with van der Waals surface area (Å²) < 4.78 is 0. The van der Waals surface area contributed by atoms with Crippen LogP contribution in [0, 0.1) is 11.3 Å². The van der Waals surface area contributed by atoms with Gasteiger partial charge in [-0.2, -0.15) is 5.26 Å². The van der Waals surface area contributed by atoms with Crippen molar-refractivity contribution in [2.45, 2.75) is 13.2 Å². The number of rotatable bonds is 0. The second-order valence-electron chi connectivity index (χ2n) is 2.68. The smallest absolute Gasteiger partial charge is 0.207 e. The van der Waals surface area contributed by atoms with Crippen molar-refractivity contribution < 1.29 is 10.2 Å². The Hall–Kier alpha value is -1.47. The van der Waals surface area contributed by atoms with E-state index in [0.29, 0.717) is 5.57 Å². The molecule has 0 saturated heterocycles. The fourth-order valence-electron chi connectivity index (χ4n) is 1.03. The van der Waals surface area contributed by atoms with Crippen LogP contribution >= 0.6 is 0 Å². The zero-order valence-corrected chi connectivity index (χ0v) is 6.94. The van der Waals surface area contributed by atoms with Gasteiger partial charge in [-0.3, -0.25) is 0 Å². The number of aliphatic hydroxyl groups excluding tert-OH is 2. The standard InChI is InChI=1S/C8H10N2O2/c1-5-3-7(11)10(2)8(12)6(5)4-9/h3,7,11-12H,1-2H3. The topological polar surface area (TPSA) is 67.5 Å². The lowest BCUT2D eigenvalue weighted by Gasteiger charge is -2.27. The molecule has 0 aromatic carbocycles. The summed E-state index contributed by atoms with van der Waals surface area (Å²) in [5.41, 5.74) is 0.809. The number of allylic oxidation sites excluding steroid dienone is 2. The van der Waals surface area contributed by atoms with E-state index < -0.39 is 6.23 Å². The third-order valence-corrected chi connectivity index (χ3v) is 1.86. The second-order valence-corrected chi connectivity index (χ2v) is 2.68. The first-order chi connectivity index (χ1) is 5.57. The van der Waals surface area contributed by atoms with Gasteiger partial charge in [-0.1, -0.05) is 0 Å². The number of aliphatic hydroxyl groups is 2. The van der Waals surface area contributed by atoms with Gasteiger partial charge in [0, 0.05) is 7.05 Å². The average Bonchev–Trinajstić information content (AvgIpc) is 2.01. The Labute approximate surface area is 70.6 Å². The van der Waals surface area contributed by atoms with Gasteiger partial charge in [-0.15, -0.1) is 0 Å². The minimum Gasteiger partial charge on any atom is -0.494 e. The Morgan fingerprint density at radius 3 is 2.75 bits per heavy atom. The summed E-state index contributed by atoms with van der Waals surface area (Å²) in [6, 6.07) is 1.86. The van der Waals surface area contributed by atoms with Crippen LogP contribution in [-0.4, -0.2) is 28.4 Å². The molecule has 0 aliphatic carbocycles. The molecule has 0 amide bonds. The van der Waals surface area contributed by atoms with E-state index in [1.54, 1.807) is 6.92 Å². The molecule has 1 unspecified atom stereocenters. The van der Waals surface area contributed by atoms with Crippen molar-refractivity contribution in [2.75, 3.05) is 7.05 Å². The van der Waals surface area contributed by atoms with Crippen LogP contribution in [0.2, 0.25) is 0 Å². The lowest BCUT2D eigenvalue weighted by Crippen LogP contribution is -2.33. The molecule has 0 bridgehead atoms. The van der Waals surface area contributed by atoms with Crippen molar-refractivity contribution >= 4 is 0 Å². The average molecular weight is 166 g/mol. The minimum atomic E-state index is -0.845. The van der Waals surface area contributed by atoms with Crippen LogP contribution in [0.25, 0.3) is 0 Å². The van der Waals surface area contributed by atoms with E-state index >= 15 is 0 Å². The molecule has 1 aliphatic heterocycles. The van der Waals surface area contributed by atoms with Crippen LogP contribution in [0.1, 0.15) is 6.92 Å². The van der Waals surface area contributed by atoms with Crippen LogP contribution in [-0.2, 0) is 0 Å². The van der Waals surface area contributed by atoms with Crippen molar-refractivity contribution in [1.82, 2.24) is 4.90 Å². The number of likely N-dealkylation sites (N-methyl/N-ethyl adjacent to an activating group) is 1. The number of nitriles is 1. The van der Waals surface area contributed by atoms with E-state index in [1.807, 2.05) is 6.07 Å². The van der Waals surface area contributed by atoms with Gasteiger partial charge in [0.2, 0.25) is 5.88 Å². The van der Waals surface area contributed by atoms with Crippen LogP contribution in [0.3, 0.4) is 0 Å². The number of hydrogen-bond acceptors (Lipinski definition) is 4. The number of nitrogens with zero attached hydrogens (tertiary/aromatic N) is 2. The van der Waals surface area contributed by atoms with Gasteiger partial charge >= 0.3 is 0 Å². The minimum absolute atomic E-state index is 0.176. The molecular weight excluding hydrogens is 156 g/mol. The summed E-state index contributed by atoms with van der Waals surface area (Å²) in [7, 11) is 1.51. The van der Waals surface area contributed by atoms with E-state index in [2.05, 4.69) is 0 Å². The van der Waals surface area contributed by atoms with Crippen molar-refractivity contribution in [1.29, 1.82) is 5.26 Å². The molecule has 2 N–H and O–H groups in total. The van der Waals surface area contributed by atoms with E-state index in [4.69, 9.17) is 5.26 Å². The molecule has 1 rings (SSSR count). The van der Waals surface area contributed by atoms with E-state index in [1.165, 1.54) is 18.0 Å². The summed E-state index contributed by atoms with van der Waals surface area (Å²) in [6.07, 6.45) is 0.667. The predicted molar refractivity (Wildman–Crippen MR) is 42.8 cm³/mol. The zero-order valence-electron chi connectivity index (χ0n) is 6.94. The number of hydrogen-bond donors (Lipinski definition) is 2. The third-order valence-electron chi connectivity index (χ3n) is 1.86. The third kappa shape index (κ3) is 1.15. The summed E-state index contributed by atoms with van der Waals surface area (Å²) in [6.45, 7) is 1.67. The first kappa shape index (κ1) is 8.62. The molecule has 0 saturated carbocycles. The normalized spacial score (nSPS) is 23.7. The summed E-state index contributed by atoms with van der Waals surface area (Å²) in [4.78, 5) is 1.23. The second kappa shape index (κ2) is 2.88. The van der Waals surface area contributed by atoms with E-state index in [-0.39, 0.29) is 11.5 Å². The molecule has 0 radical (unpaired) electrons. The van der Waals surface area contributed by atoms with Crippen molar-refractivity contribution in [3.8, 4) is 6.07 Å². The maximum Gasteiger partial charge on any atom is 0.207 e. The molecule has 4 heteroatoms. The fraction of sp³-hybridized carbons (Fsp3) is 0.375. The maximum atomic E-state index is 9.36. The van der Waals surface area contributed by atoms with Crippen molar-refractivity contribution in [3.63, 3.8) is 0 Å². The lowest BCUT2D eigenvalue weighted by atomic mass is 10.1. The quantitative estimate of drug-likeness (QED) is 0.549. The molecule has 4 nitrogen and oxygen atoms in total. The van der Waals surface area contributed by atoms with Gasteiger partial charge in [0.1, 0.15) is 17.9 Å². The Morgan fingerprint density at radius 2 is 2.25 bits per heavy atom. The highest BCUT2D eigenvalue weighted by Crippen LogP contribution is 2.21. The highest BCUT2D eigenvalue weighted by molar-refractivity contribution is 5.44. The van der Waals surface area contributed by atoms with E-state index in [0.717, 1.165) is 0 Å². The molecule has 1 heterocycles. The van der Waals surface area contributed by atoms with Crippen molar-refractivity contribution in [2.24, 2.45) is 0 Å². The Kier molecular flexibility index (Phi) is 2.07. The summed E-state index contributed by atoms with van der Waals surface area (Å²) in [5, 5.41) is 27.3. The first-order valence-corrected chi connectivity index (χ1v) is 3.51. The Bertz CT molecular complexity index is 299. The van der Waals surface area contributed by atoms with Gasteiger partial charge < -0.3 is 15.1 Å². The van der Waals surface area contributed by atoms with Gasteiger partial charge in [0.15, 0.2) is 0 Å². The maximum absolute atomic E-state index is 9.36. The molecule has 64 valence electrons. The monoisotopic (exact) mass is 166 g/mol. The Balaban J connectivity index is 3.14. The van der Waals surface area contributed by atoms with Gasteiger partial charge in [-0.05, 0) is 18.6 Å². The Morgan fingerprint density at radius 1 is 1.67 bits per heavy atom. The molecule has 0 fully saturated rings. The van der Waals surface area contributed by atoms with Crippen molar-refractivity contribution in [3.05, 3.63) is 23.1 Å². The van der Waals surface area contributed by atoms with Gasteiger partial charge in [-0.25, -0.2) is 0 Å².